The molecule has 2 nitrogen and oxygen atoms in total. The van der Waals surface area contributed by atoms with Gasteiger partial charge in [0.25, 0.3) is 0 Å². The highest BCUT2D eigenvalue weighted by atomic mass is 35.5. The van der Waals surface area contributed by atoms with E-state index in [0.717, 1.165) is 30.1 Å². The molecule has 1 aliphatic heterocycles. The van der Waals surface area contributed by atoms with Gasteiger partial charge in [-0.2, -0.15) is 0 Å². The molecule has 0 amide bonds. The second kappa shape index (κ2) is 5.10. The van der Waals surface area contributed by atoms with Crippen molar-refractivity contribution in [1.29, 1.82) is 0 Å². The molecule has 1 saturated carbocycles. The van der Waals surface area contributed by atoms with Gasteiger partial charge in [-0.25, -0.2) is 0 Å². The number of halogens is 1. The van der Waals surface area contributed by atoms with E-state index in [9.17, 15) is 0 Å². The minimum absolute atomic E-state index is 0.769. The van der Waals surface area contributed by atoms with Gasteiger partial charge in [0.1, 0.15) is 0 Å². The Kier molecular flexibility index (Phi) is 3.49. The Morgan fingerprint density at radius 2 is 2.28 bits per heavy atom. The minimum Gasteiger partial charge on any atom is -0.368 e. The Morgan fingerprint density at radius 1 is 1.39 bits per heavy atom. The zero-order valence-corrected chi connectivity index (χ0v) is 11.7. The van der Waals surface area contributed by atoms with Crippen molar-refractivity contribution in [2.75, 3.05) is 18.0 Å². The molecule has 1 saturated heterocycles. The van der Waals surface area contributed by atoms with Crippen LogP contribution in [0.2, 0.25) is 5.02 Å². The normalized spacial score (nSPS) is 26.0. The lowest BCUT2D eigenvalue weighted by Gasteiger charge is -2.29. The average molecular weight is 265 g/mol. The largest absolute Gasteiger partial charge is 0.368 e. The predicted octanol–water partition coefficient (Wildman–Crippen LogP) is 3.44. The Balaban J connectivity index is 1.76. The van der Waals surface area contributed by atoms with Gasteiger partial charge in [0.15, 0.2) is 0 Å². The third-order valence-electron chi connectivity index (χ3n) is 4.34. The third kappa shape index (κ3) is 2.24. The molecule has 0 spiro atoms. The maximum absolute atomic E-state index is 6.38. The third-order valence-corrected chi connectivity index (χ3v) is 4.69. The van der Waals surface area contributed by atoms with Crippen LogP contribution in [0.3, 0.4) is 0 Å². The first kappa shape index (κ1) is 12.3. The maximum Gasteiger partial charge on any atom is 0.0471 e. The summed E-state index contributed by atoms with van der Waals surface area (Å²) in [6.45, 7) is 5.19. The monoisotopic (exact) mass is 264 g/mol. The molecule has 0 aromatic heterocycles. The molecule has 3 heteroatoms. The molecule has 1 aliphatic carbocycles. The lowest BCUT2D eigenvalue weighted by atomic mass is 10.1. The van der Waals surface area contributed by atoms with Gasteiger partial charge in [-0.15, -0.1) is 0 Å². The van der Waals surface area contributed by atoms with Crippen molar-refractivity contribution < 1.29 is 0 Å². The SMILES string of the molecule is CCNCc1ccc(N2CC3CCC2C3)cc1Cl. The molecule has 2 aliphatic rings. The van der Waals surface area contributed by atoms with Crippen LogP contribution in [0.5, 0.6) is 0 Å². The summed E-state index contributed by atoms with van der Waals surface area (Å²) in [6, 6.07) is 7.33. The van der Waals surface area contributed by atoms with Crippen molar-refractivity contribution in [3.05, 3.63) is 28.8 Å². The standard InChI is InChI=1S/C15H21ClN2/c1-2-17-9-12-4-6-14(8-15(12)16)18-10-11-3-5-13(18)7-11/h4,6,8,11,13,17H,2-3,5,7,9-10H2,1H3. The summed E-state index contributed by atoms with van der Waals surface area (Å²) in [6.07, 6.45) is 4.17. The Labute approximate surface area is 114 Å². The van der Waals surface area contributed by atoms with Crippen molar-refractivity contribution in [2.24, 2.45) is 5.92 Å². The first-order valence-electron chi connectivity index (χ1n) is 7.03. The molecule has 2 fully saturated rings. The number of hydrogen-bond donors (Lipinski definition) is 1. The van der Waals surface area contributed by atoms with E-state index in [1.54, 1.807) is 0 Å². The highest BCUT2D eigenvalue weighted by molar-refractivity contribution is 6.31. The van der Waals surface area contributed by atoms with E-state index < -0.39 is 0 Å². The molecule has 98 valence electrons. The summed E-state index contributed by atoms with van der Waals surface area (Å²) in [5.74, 6) is 0.926. The summed E-state index contributed by atoms with van der Waals surface area (Å²) < 4.78 is 0. The van der Waals surface area contributed by atoms with Crippen LogP contribution in [0.1, 0.15) is 31.7 Å². The van der Waals surface area contributed by atoms with Crippen molar-refractivity contribution >= 4 is 17.3 Å². The van der Waals surface area contributed by atoms with Crippen LogP contribution < -0.4 is 10.2 Å². The van der Waals surface area contributed by atoms with E-state index in [1.165, 1.54) is 37.1 Å². The molecular formula is C15H21ClN2. The fraction of sp³-hybridized carbons (Fsp3) is 0.600. The fourth-order valence-electron chi connectivity index (χ4n) is 3.36. The molecule has 1 aromatic carbocycles. The van der Waals surface area contributed by atoms with Crippen LogP contribution in [-0.2, 0) is 6.54 Å². The number of hydrogen-bond acceptors (Lipinski definition) is 2. The Bertz CT molecular complexity index is 433. The second-order valence-corrected chi connectivity index (χ2v) is 5.95. The van der Waals surface area contributed by atoms with Gasteiger partial charge in [0, 0.05) is 29.8 Å². The van der Waals surface area contributed by atoms with Gasteiger partial charge in [-0.1, -0.05) is 24.6 Å². The number of fused-ring (bicyclic) bond motifs is 2. The zero-order valence-electron chi connectivity index (χ0n) is 11.0. The summed E-state index contributed by atoms with van der Waals surface area (Å²) in [5.41, 5.74) is 2.51. The zero-order chi connectivity index (χ0) is 12.5. The molecular weight excluding hydrogens is 244 g/mol. The molecule has 1 heterocycles. The van der Waals surface area contributed by atoms with Gasteiger partial charge < -0.3 is 10.2 Å². The van der Waals surface area contributed by atoms with E-state index in [1.807, 2.05) is 0 Å². The van der Waals surface area contributed by atoms with Gasteiger partial charge in [-0.3, -0.25) is 0 Å². The molecule has 2 unspecified atom stereocenters. The van der Waals surface area contributed by atoms with Crippen LogP contribution in [0.25, 0.3) is 0 Å². The smallest absolute Gasteiger partial charge is 0.0471 e. The highest BCUT2D eigenvalue weighted by Crippen LogP contribution is 2.40. The van der Waals surface area contributed by atoms with Gasteiger partial charge in [-0.05, 0) is 49.4 Å². The maximum atomic E-state index is 6.38. The molecule has 1 aromatic rings. The molecule has 2 atom stereocenters. The van der Waals surface area contributed by atoms with Crippen molar-refractivity contribution in [1.82, 2.24) is 5.32 Å². The number of rotatable bonds is 4. The number of nitrogens with one attached hydrogen (secondary N) is 1. The van der Waals surface area contributed by atoms with Gasteiger partial charge in [0.05, 0.1) is 0 Å². The van der Waals surface area contributed by atoms with E-state index in [0.29, 0.717) is 0 Å². The minimum atomic E-state index is 0.769. The Hall–Kier alpha value is -0.730. The molecule has 3 rings (SSSR count). The lowest BCUT2D eigenvalue weighted by molar-refractivity contribution is 0.553. The van der Waals surface area contributed by atoms with Crippen molar-refractivity contribution in [3.63, 3.8) is 0 Å². The summed E-state index contributed by atoms with van der Waals surface area (Å²) in [7, 11) is 0. The van der Waals surface area contributed by atoms with Crippen LogP contribution in [-0.4, -0.2) is 19.1 Å². The number of benzene rings is 1. The molecule has 1 N–H and O–H groups in total. The number of nitrogens with zero attached hydrogens (tertiary/aromatic N) is 1. The summed E-state index contributed by atoms with van der Waals surface area (Å²) in [4.78, 5) is 2.55. The topological polar surface area (TPSA) is 15.3 Å². The molecule has 2 bridgehead atoms. The quantitative estimate of drug-likeness (QED) is 0.896. The lowest BCUT2D eigenvalue weighted by Crippen LogP contribution is -2.31. The summed E-state index contributed by atoms with van der Waals surface area (Å²) in [5, 5.41) is 4.22. The molecule has 0 radical (unpaired) electrons. The highest BCUT2D eigenvalue weighted by Gasteiger charge is 2.37. The van der Waals surface area contributed by atoms with Crippen LogP contribution in [0.15, 0.2) is 18.2 Å². The van der Waals surface area contributed by atoms with E-state index in [4.69, 9.17) is 11.6 Å². The van der Waals surface area contributed by atoms with Gasteiger partial charge >= 0.3 is 0 Å². The van der Waals surface area contributed by atoms with E-state index >= 15 is 0 Å². The van der Waals surface area contributed by atoms with Gasteiger partial charge in [0.2, 0.25) is 0 Å². The van der Waals surface area contributed by atoms with Crippen molar-refractivity contribution in [2.45, 2.75) is 38.8 Å². The van der Waals surface area contributed by atoms with Crippen LogP contribution in [0.4, 0.5) is 5.69 Å². The average Bonchev–Trinajstić information content (AvgIpc) is 2.99. The first-order chi connectivity index (χ1) is 8.78. The van der Waals surface area contributed by atoms with Crippen molar-refractivity contribution in [3.8, 4) is 0 Å². The Morgan fingerprint density at radius 3 is 2.89 bits per heavy atom. The van der Waals surface area contributed by atoms with E-state index in [-0.39, 0.29) is 0 Å². The summed E-state index contributed by atoms with van der Waals surface area (Å²) >= 11 is 6.38. The van der Waals surface area contributed by atoms with Crippen LogP contribution in [0, 0.1) is 5.92 Å². The number of piperidine rings is 1. The predicted molar refractivity (Wildman–Crippen MR) is 77.3 cm³/mol. The van der Waals surface area contributed by atoms with E-state index in [2.05, 4.69) is 35.3 Å². The second-order valence-electron chi connectivity index (χ2n) is 5.54. The molecule has 18 heavy (non-hydrogen) atoms. The fourth-order valence-corrected chi connectivity index (χ4v) is 3.60. The first-order valence-corrected chi connectivity index (χ1v) is 7.41. The number of anilines is 1. The van der Waals surface area contributed by atoms with Crippen LogP contribution >= 0.6 is 11.6 Å².